The van der Waals surface area contributed by atoms with Crippen molar-refractivity contribution in [3.05, 3.63) is 22.4 Å². The van der Waals surface area contributed by atoms with E-state index in [1.54, 1.807) is 11.3 Å². The number of thiophene rings is 1. The van der Waals surface area contributed by atoms with E-state index >= 15 is 0 Å². The smallest absolute Gasteiger partial charge is 0.0900 e. The molecule has 2 heterocycles. The molecule has 19 heavy (non-hydrogen) atoms. The summed E-state index contributed by atoms with van der Waals surface area (Å²) in [4.78, 5) is 3.61. The van der Waals surface area contributed by atoms with Crippen molar-refractivity contribution in [2.24, 2.45) is 0 Å². The van der Waals surface area contributed by atoms with Gasteiger partial charge in [0.15, 0.2) is 0 Å². The maximum atomic E-state index is 10.0. The second-order valence-corrected chi connectivity index (χ2v) is 6.35. The number of nitrogens with zero attached hydrogens (tertiary/aromatic N) is 1. The molecule has 1 saturated heterocycles. The summed E-state index contributed by atoms with van der Waals surface area (Å²) < 4.78 is 5.57. The number of likely N-dealkylation sites (tertiary alicyclic amines) is 1. The van der Waals surface area contributed by atoms with Gasteiger partial charge in [-0.2, -0.15) is 0 Å². The lowest BCUT2D eigenvalue weighted by molar-refractivity contribution is 0.00958. The quantitative estimate of drug-likeness (QED) is 0.871. The zero-order valence-corrected chi connectivity index (χ0v) is 12.4. The maximum Gasteiger partial charge on any atom is 0.0900 e. The fraction of sp³-hybridized carbons (Fsp3) is 0.733. The lowest BCUT2D eigenvalue weighted by Crippen LogP contribution is -2.36. The molecule has 1 N–H and O–H groups in total. The molecule has 1 aliphatic heterocycles. The van der Waals surface area contributed by atoms with Gasteiger partial charge in [0.25, 0.3) is 0 Å². The predicted molar refractivity (Wildman–Crippen MR) is 79.5 cm³/mol. The van der Waals surface area contributed by atoms with E-state index in [1.165, 1.54) is 37.0 Å². The van der Waals surface area contributed by atoms with Gasteiger partial charge in [0.05, 0.1) is 19.3 Å². The van der Waals surface area contributed by atoms with Gasteiger partial charge in [0.2, 0.25) is 0 Å². The molecule has 0 spiro atoms. The molecule has 3 nitrogen and oxygen atoms in total. The second kappa shape index (κ2) is 8.69. The van der Waals surface area contributed by atoms with Crippen molar-refractivity contribution in [3.63, 3.8) is 0 Å². The molecule has 0 aromatic carbocycles. The van der Waals surface area contributed by atoms with Gasteiger partial charge in [-0.15, -0.1) is 11.3 Å². The standard InChI is InChI=1S/C15H25NO2S/c17-14(12-18-13-15-7-6-10-19-15)11-16-8-4-2-1-3-5-9-16/h6-7,10,14,17H,1-5,8-9,11-13H2. The molecule has 1 aromatic heterocycles. The fourth-order valence-electron chi connectivity index (χ4n) is 2.54. The lowest BCUT2D eigenvalue weighted by Gasteiger charge is -2.26. The van der Waals surface area contributed by atoms with Crippen LogP contribution in [0.2, 0.25) is 0 Å². The highest BCUT2D eigenvalue weighted by atomic mass is 32.1. The van der Waals surface area contributed by atoms with Gasteiger partial charge in [0, 0.05) is 11.4 Å². The molecule has 0 radical (unpaired) electrons. The topological polar surface area (TPSA) is 32.7 Å². The SMILES string of the molecule is OC(COCc1cccs1)CN1CCCCCCC1. The van der Waals surface area contributed by atoms with Crippen LogP contribution in [-0.4, -0.2) is 42.4 Å². The first-order valence-corrected chi connectivity index (χ1v) is 8.23. The first-order valence-electron chi connectivity index (χ1n) is 7.35. The Morgan fingerprint density at radius 3 is 2.63 bits per heavy atom. The molecule has 1 aromatic rings. The highest BCUT2D eigenvalue weighted by molar-refractivity contribution is 7.09. The van der Waals surface area contributed by atoms with E-state index in [1.807, 2.05) is 6.07 Å². The highest BCUT2D eigenvalue weighted by Crippen LogP contribution is 2.12. The van der Waals surface area contributed by atoms with Crippen LogP contribution in [0.4, 0.5) is 0 Å². The zero-order valence-electron chi connectivity index (χ0n) is 11.6. The van der Waals surface area contributed by atoms with Gasteiger partial charge in [-0.3, -0.25) is 0 Å². The molecular formula is C15H25NO2S. The molecule has 1 fully saturated rings. The van der Waals surface area contributed by atoms with Crippen LogP contribution >= 0.6 is 11.3 Å². The summed E-state index contributed by atoms with van der Waals surface area (Å²) in [6.45, 7) is 4.07. The predicted octanol–water partition coefficient (Wildman–Crippen LogP) is 2.89. The highest BCUT2D eigenvalue weighted by Gasteiger charge is 2.13. The molecule has 1 atom stereocenters. The molecule has 1 aliphatic rings. The third kappa shape index (κ3) is 6.04. The molecule has 0 bridgehead atoms. The van der Waals surface area contributed by atoms with Gasteiger partial charge >= 0.3 is 0 Å². The normalized spacial score (nSPS) is 19.8. The Morgan fingerprint density at radius 1 is 1.21 bits per heavy atom. The molecule has 0 saturated carbocycles. The Hall–Kier alpha value is -0.420. The van der Waals surface area contributed by atoms with E-state index in [0.717, 1.165) is 19.6 Å². The monoisotopic (exact) mass is 283 g/mol. The van der Waals surface area contributed by atoms with Crippen LogP contribution in [0.25, 0.3) is 0 Å². The minimum absolute atomic E-state index is 0.362. The summed E-state index contributed by atoms with van der Waals surface area (Å²) in [5.74, 6) is 0. The molecule has 0 aliphatic carbocycles. The van der Waals surface area contributed by atoms with Crippen molar-refractivity contribution in [3.8, 4) is 0 Å². The molecule has 108 valence electrons. The number of aliphatic hydroxyl groups excluding tert-OH is 1. The average molecular weight is 283 g/mol. The Balaban J connectivity index is 1.61. The number of ether oxygens (including phenoxy) is 1. The summed E-state index contributed by atoms with van der Waals surface area (Å²) >= 11 is 1.70. The van der Waals surface area contributed by atoms with Crippen molar-refractivity contribution in [1.82, 2.24) is 4.90 Å². The minimum Gasteiger partial charge on any atom is -0.389 e. The Morgan fingerprint density at radius 2 is 1.95 bits per heavy atom. The van der Waals surface area contributed by atoms with Crippen LogP contribution < -0.4 is 0 Å². The Bertz CT molecular complexity index is 321. The van der Waals surface area contributed by atoms with E-state index < -0.39 is 0 Å². The third-order valence-electron chi connectivity index (χ3n) is 3.55. The van der Waals surface area contributed by atoms with Crippen molar-refractivity contribution in [1.29, 1.82) is 0 Å². The van der Waals surface area contributed by atoms with Crippen LogP contribution in [-0.2, 0) is 11.3 Å². The van der Waals surface area contributed by atoms with Gasteiger partial charge in [0.1, 0.15) is 0 Å². The minimum atomic E-state index is -0.362. The van der Waals surface area contributed by atoms with Gasteiger partial charge < -0.3 is 14.7 Å². The molecule has 1 unspecified atom stereocenters. The number of hydrogen-bond donors (Lipinski definition) is 1. The molecule has 0 amide bonds. The van der Waals surface area contributed by atoms with Crippen molar-refractivity contribution < 1.29 is 9.84 Å². The van der Waals surface area contributed by atoms with E-state index in [-0.39, 0.29) is 6.10 Å². The molecule has 4 heteroatoms. The average Bonchev–Trinajstić information content (AvgIpc) is 2.85. The number of hydrogen-bond acceptors (Lipinski definition) is 4. The number of aliphatic hydroxyl groups is 1. The van der Waals surface area contributed by atoms with Crippen molar-refractivity contribution in [2.45, 2.75) is 44.8 Å². The van der Waals surface area contributed by atoms with Crippen LogP contribution in [0, 0.1) is 0 Å². The van der Waals surface area contributed by atoms with Crippen LogP contribution in [0.3, 0.4) is 0 Å². The van der Waals surface area contributed by atoms with Crippen LogP contribution in [0.1, 0.15) is 37.0 Å². The third-order valence-corrected chi connectivity index (χ3v) is 4.40. The molecule has 2 rings (SSSR count). The van der Waals surface area contributed by atoms with Gasteiger partial charge in [-0.05, 0) is 37.4 Å². The maximum absolute atomic E-state index is 10.0. The van der Waals surface area contributed by atoms with Crippen molar-refractivity contribution >= 4 is 11.3 Å². The number of β-amino-alcohol motifs (C(OH)–C–C–N with tert-alkyl or cyclic N) is 1. The molecular weight excluding hydrogens is 258 g/mol. The van der Waals surface area contributed by atoms with Gasteiger partial charge in [-0.25, -0.2) is 0 Å². The summed E-state index contributed by atoms with van der Waals surface area (Å²) in [5, 5.41) is 12.1. The summed E-state index contributed by atoms with van der Waals surface area (Å²) in [6.07, 6.45) is 6.22. The van der Waals surface area contributed by atoms with E-state index in [4.69, 9.17) is 4.74 Å². The van der Waals surface area contributed by atoms with E-state index in [2.05, 4.69) is 16.3 Å². The number of rotatable bonds is 6. The Kier molecular flexibility index (Phi) is 6.85. The zero-order chi connectivity index (χ0) is 13.3. The Labute approximate surface area is 120 Å². The summed E-state index contributed by atoms with van der Waals surface area (Å²) in [5.41, 5.74) is 0. The largest absolute Gasteiger partial charge is 0.389 e. The first-order chi connectivity index (χ1) is 9.34. The summed E-state index contributed by atoms with van der Waals surface area (Å²) in [6, 6.07) is 4.09. The fourth-order valence-corrected chi connectivity index (χ4v) is 3.18. The van der Waals surface area contributed by atoms with Crippen LogP contribution in [0.5, 0.6) is 0 Å². The summed E-state index contributed by atoms with van der Waals surface area (Å²) in [7, 11) is 0. The van der Waals surface area contributed by atoms with Gasteiger partial charge in [-0.1, -0.05) is 25.3 Å². The van der Waals surface area contributed by atoms with E-state index in [9.17, 15) is 5.11 Å². The second-order valence-electron chi connectivity index (χ2n) is 5.32. The van der Waals surface area contributed by atoms with Crippen molar-refractivity contribution in [2.75, 3.05) is 26.2 Å². The first kappa shape index (κ1) is 15.0. The van der Waals surface area contributed by atoms with Crippen LogP contribution in [0.15, 0.2) is 17.5 Å². The lowest BCUT2D eigenvalue weighted by atomic mass is 10.1. The van der Waals surface area contributed by atoms with E-state index in [0.29, 0.717) is 13.2 Å².